The molecule has 2 heterocycles. The van der Waals surface area contributed by atoms with Gasteiger partial charge in [-0.25, -0.2) is 19.0 Å². The molecule has 0 amide bonds. The summed E-state index contributed by atoms with van der Waals surface area (Å²) in [7, 11) is 0. The molecule has 0 aromatic carbocycles. The maximum Gasteiger partial charge on any atom is 0.193 e. The van der Waals surface area contributed by atoms with Crippen molar-refractivity contribution in [3.63, 3.8) is 0 Å². The summed E-state index contributed by atoms with van der Waals surface area (Å²) >= 11 is 0. The zero-order chi connectivity index (χ0) is 9.26. The quantitative estimate of drug-likeness (QED) is 0.657. The Bertz CT molecular complexity index is 410. The first-order valence-electron chi connectivity index (χ1n) is 3.76. The van der Waals surface area contributed by atoms with Gasteiger partial charge in [0.2, 0.25) is 0 Å². The van der Waals surface area contributed by atoms with E-state index in [9.17, 15) is 4.39 Å². The zero-order valence-electron chi connectivity index (χ0n) is 6.98. The first-order valence-corrected chi connectivity index (χ1v) is 3.76. The van der Waals surface area contributed by atoms with Gasteiger partial charge in [-0.15, -0.1) is 0 Å². The Morgan fingerprint density at radius 1 is 1.38 bits per heavy atom. The molecule has 0 spiro atoms. The molecule has 0 aliphatic rings. The summed E-state index contributed by atoms with van der Waals surface area (Å²) in [5, 5.41) is 3.87. The second-order valence-electron chi connectivity index (χ2n) is 2.55. The lowest BCUT2D eigenvalue weighted by Crippen LogP contribution is -2.04. The van der Waals surface area contributed by atoms with Gasteiger partial charge in [0.1, 0.15) is 6.33 Å². The van der Waals surface area contributed by atoms with Crippen molar-refractivity contribution < 1.29 is 4.39 Å². The SMILES string of the molecule is Cc1ncnc(-n2cccn2)c1F. The number of nitrogens with zero attached hydrogens (tertiary/aromatic N) is 4. The van der Waals surface area contributed by atoms with E-state index < -0.39 is 5.82 Å². The summed E-state index contributed by atoms with van der Waals surface area (Å²) in [6.45, 7) is 1.59. The monoisotopic (exact) mass is 178 g/mol. The van der Waals surface area contributed by atoms with Crippen LogP contribution in [-0.4, -0.2) is 19.7 Å². The molecule has 0 N–H and O–H groups in total. The minimum Gasteiger partial charge on any atom is -0.238 e. The van der Waals surface area contributed by atoms with Crippen LogP contribution in [0.4, 0.5) is 4.39 Å². The minimum atomic E-state index is -0.439. The van der Waals surface area contributed by atoms with Gasteiger partial charge in [0.25, 0.3) is 0 Å². The van der Waals surface area contributed by atoms with E-state index in [1.54, 1.807) is 25.4 Å². The summed E-state index contributed by atoms with van der Waals surface area (Å²) in [4.78, 5) is 7.52. The highest BCUT2D eigenvalue weighted by molar-refractivity contribution is 5.24. The van der Waals surface area contributed by atoms with Crippen molar-refractivity contribution in [2.24, 2.45) is 0 Å². The third-order valence-corrected chi connectivity index (χ3v) is 1.67. The van der Waals surface area contributed by atoms with Gasteiger partial charge in [0.05, 0.1) is 5.69 Å². The van der Waals surface area contributed by atoms with Crippen LogP contribution >= 0.6 is 0 Å². The number of aromatic nitrogens is 4. The Morgan fingerprint density at radius 2 is 2.23 bits per heavy atom. The number of hydrogen-bond donors (Lipinski definition) is 0. The maximum absolute atomic E-state index is 13.4. The van der Waals surface area contributed by atoms with E-state index in [4.69, 9.17) is 0 Å². The van der Waals surface area contributed by atoms with Crippen LogP contribution in [0.1, 0.15) is 5.69 Å². The summed E-state index contributed by atoms with van der Waals surface area (Å²) in [5.41, 5.74) is 0.320. The van der Waals surface area contributed by atoms with Gasteiger partial charge in [-0.2, -0.15) is 5.10 Å². The van der Waals surface area contributed by atoms with Gasteiger partial charge < -0.3 is 0 Å². The average molecular weight is 178 g/mol. The molecule has 0 radical (unpaired) electrons. The van der Waals surface area contributed by atoms with Crippen LogP contribution < -0.4 is 0 Å². The predicted molar refractivity (Wildman–Crippen MR) is 43.8 cm³/mol. The van der Waals surface area contributed by atoms with Gasteiger partial charge in [0, 0.05) is 12.4 Å². The molecule has 0 aliphatic carbocycles. The van der Waals surface area contributed by atoms with Crippen LogP contribution in [0.2, 0.25) is 0 Å². The molecule has 2 aromatic heterocycles. The van der Waals surface area contributed by atoms with Crippen molar-refractivity contribution in [3.8, 4) is 5.82 Å². The fourth-order valence-corrected chi connectivity index (χ4v) is 0.999. The molecule has 5 heteroatoms. The van der Waals surface area contributed by atoms with E-state index >= 15 is 0 Å². The molecule has 0 saturated carbocycles. The molecule has 2 rings (SSSR count). The van der Waals surface area contributed by atoms with E-state index in [-0.39, 0.29) is 5.82 Å². The lowest BCUT2D eigenvalue weighted by Gasteiger charge is -2.02. The molecule has 0 atom stereocenters. The second-order valence-corrected chi connectivity index (χ2v) is 2.55. The molecule has 13 heavy (non-hydrogen) atoms. The average Bonchev–Trinajstić information content (AvgIpc) is 2.62. The summed E-state index contributed by atoms with van der Waals surface area (Å²) in [5.74, 6) is -0.260. The summed E-state index contributed by atoms with van der Waals surface area (Å²) < 4.78 is 14.7. The van der Waals surface area contributed by atoms with Crippen molar-refractivity contribution in [2.45, 2.75) is 6.92 Å². The van der Waals surface area contributed by atoms with Crippen molar-refractivity contribution in [3.05, 3.63) is 36.3 Å². The molecular weight excluding hydrogens is 171 g/mol. The van der Waals surface area contributed by atoms with E-state index in [0.717, 1.165) is 0 Å². The number of hydrogen-bond acceptors (Lipinski definition) is 3. The van der Waals surface area contributed by atoms with Crippen molar-refractivity contribution in [1.82, 2.24) is 19.7 Å². The molecule has 0 bridgehead atoms. The van der Waals surface area contributed by atoms with Crippen molar-refractivity contribution in [2.75, 3.05) is 0 Å². The van der Waals surface area contributed by atoms with E-state index in [2.05, 4.69) is 15.1 Å². The maximum atomic E-state index is 13.4. The van der Waals surface area contributed by atoms with Crippen LogP contribution in [-0.2, 0) is 0 Å². The number of aryl methyl sites for hydroxylation is 1. The third kappa shape index (κ3) is 1.28. The fraction of sp³-hybridized carbons (Fsp3) is 0.125. The van der Waals surface area contributed by atoms with E-state index in [1.165, 1.54) is 11.0 Å². The van der Waals surface area contributed by atoms with Gasteiger partial charge in [-0.05, 0) is 13.0 Å². The first-order chi connectivity index (χ1) is 6.29. The zero-order valence-corrected chi connectivity index (χ0v) is 6.98. The van der Waals surface area contributed by atoms with Gasteiger partial charge in [0.15, 0.2) is 11.6 Å². The Morgan fingerprint density at radius 3 is 2.92 bits per heavy atom. The van der Waals surface area contributed by atoms with Crippen molar-refractivity contribution in [1.29, 1.82) is 0 Å². The standard InChI is InChI=1S/C8H7FN4/c1-6-7(9)8(11-5-10-6)13-4-2-3-12-13/h2-5H,1H3. The third-order valence-electron chi connectivity index (χ3n) is 1.67. The highest BCUT2D eigenvalue weighted by Gasteiger charge is 2.08. The Kier molecular flexibility index (Phi) is 1.77. The molecule has 4 nitrogen and oxygen atoms in total. The normalized spacial score (nSPS) is 10.3. The van der Waals surface area contributed by atoms with Crippen LogP contribution in [0.3, 0.4) is 0 Å². The van der Waals surface area contributed by atoms with Crippen LogP contribution in [0.5, 0.6) is 0 Å². The topological polar surface area (TPSA) is 43.6 Å². The highest BCUT2D eigenvalue weighted by Crippen LogP contribution is 2.09. The first kappa shape index (κ1) is 7.85. The molecule has 0 aliphatic heterocycles. The van der Waals surface area contributed by atoms with Gasteiger partial charge in [-0.1, -0.05) is 0 Å². The predicted octanol–water partition coefficient (Wildman–Crippen LogP) is 1.11. The van der Waals surface area contributed by atoms with Gasteiger partial charge in [-0.3, -0.25) is 0 Å². The Balaban J connectivity index is 2.59. The lowest BCUT2D eigenvalue weighted by atomic mass is 10.4. The molecule has 0 unspecified atom stereocenters. The molecule has 66 valence electrons. The minimum absolute atomic E-state index is 0.178. The summed E-state index contributed by atoms with van der Waals surface area (Å²) in [6.07, 6.45) is 4.51. The highest BCUT2D eigenvalue weighted by atomic mass is 19.1. The Labute approximate surface area is 74.1 Å². The lowest BCUT2D eigenvalue weighted by molar-refractivity contribution is 0.581. The molecular formula is C8H7FN4. The van der Waals surface area contributed by atoms with Crippen LogP contribution in [0.25, 0.3) is 5.82 Å². The summed E-state index contributed by atoms with van der Waals surface area (Å²) in [6, 6.07) is 1.71. The molecule has 0 saturated heterocycles. The smallest absolute Gasteiger partial charge is 0.193 e. The fourth-order valence-electron chi connectivity index (χ4n) is 0.999. The van der Waals surface area contributed by atoms with Crippen LogP contribution in [0, 0.1) is 12.7 Å². The van der Waals surface area contributed by atoms with E-state index in [1.807, 2.05) is 0 Å². The van der Waals surface area contributed by atoms with Crippen molar-refractivity contribution >= 4 is 0 Å². The number of halogens is 1. The Hall–Kier alpha value is -1.78. The molecule has 2 aromatic rings. The largest absolute Gasteiger partial charge is 0.238 e. The van der Waals surface area contributed by atoms with Crippen LogP contribution in [0.15, 0.2) is 24.8 Å². The second kappa shape index (κ2) is 2.93. The number of rotatable bonds is 1. The molecule has 0 fully saturated rings. The van der Waals surface area contributed by atoms with E-state index in [0.29, 0.717) is 5.69 Å². The van der Waals surface area contributed by atoms with Gasteiger partial charge >= 0.3 is 0 Å².